The molecule has 0 bridgehead atoms. The third-order valence-electron chi connectivity index (χ3n) is 4.32. The normalized spacial score (nSPS) is 16.1. The lowest BCUT2D eigenvalue weighted by atomic mass is 10.2. The van der Waals surface area contributed by atoms with Gasteiger partial charge in [0.25, 0.3) is 5.91 Å². The maximum Gasteiger partial charge on any atom is 0.270 e. The van der Waals surface area contributed by atoms with Crippen molar-refractivity contribution in [1.29, 1.82) is 0 Å². The predicted octanol–water partition coefficient (Wildman–Crippen LogP) is 2.74. The molecule has 4 rings (SSSR count). The van der Waals surface area contributed by atoms with Crippen molar-refractivity contribution in [3.63, 3.8) is 0 Å². The molecule has 0 fully saturated rings. The summed E-state index contributed by atoms with van der Waals surface area (Å²) in [6.45, 7) is 2.62. The Balaban J connectivity index is 1.39. The molecule has 2 heterocycles. The fraction of sp³-hybridized carbons (Fsp3) is 0.263. The van der Waals surface area contributed by atoms with Crippen molar-refractivity contribution < 1.29 is 19.1 Å². The molecule has 6 nitrogen and oxygen atoms in total. The highest BCUT2D eigenvalue weighted by molar-refractivity contribution is 5.98. The molecule has 0 saturated carbocycles. The summed E-state index contributed by atoms with van der Waals surface area (Å²) in [5.74, 6) is 1.31. The molecule has 1 amide bonds. The molecule has 2 aromatic carbocycles. The maximum atomic E-state index is 12.6. The third-order valence-corrected chi connectivity index (χ3v) is 4.32. The van der Waals surface area contributed by atoms with Crippen LogP contribution in [0.25, 0.3) is 0 Å². The highest BCUT2D eigenvalue weighted by atomic mass is 16.7. The van der Waals surface area contributed by atoms with Crippen LogP contribution < -0.4 is 14.4 Å². The Labute approximate surface area is 145 Å². The highest BCUT2D eigenvalue weighted by Crippen LogP contribution is 2.32. The van der Waals surface area contributed by atoms with Crippen molar-refractivity contribution >= 4 is 17.8 Å². The van der Waals surface area contributed by atoms with Gasteiger partial charge in [-0.1, -0.05) is 23.4 Å². The summed E-state index contributed by atoms with van der Waals surface area (Å²) in [5, 5.41) is 3.95. The second-order valence-electron chi connectivity index (χ2n) is 5.96. The van der Waals surface area contributed by atoms with Gasteiger partial charge in [0.2, 0.25) is 12.9 Å². The van der Waals surface area contributed by atoms with Gasteiger partial charge in [0, 0.05) is 17.8 Å². The summed E-state index contributed by atoms with van der Waals surface area (Å²) in [7, 11) is 0. The van der Waals surface area contributed by atoms with Crippen LogP contribution in [0.3, 0.4) is 0 Å². The summed E-state index contributed by atoms with van der Waals surface area (Å²) in [6.07, 6.45) is 1.77. The van der Waals surface area contributed by atoms with E-state index in [1.54, 1.807) is 18.0 Å². The molecule has 1 atom stereocenters. The number of carbonyl (C=O) groups excluding carboxylic acids is 1. The van der Waals surface area contributed by atoms with E-state index in [-0.39, 0.29) is 12.7 Å². The molecule has 25 heavy (non-hydrogen) atoms. The van der Waals surface area contributed by atoms with Crippen LogP contribution in [-0.4, -0.2) is 31.6 Å². The van der Waals surface area contributed by atoms with Gasteiger partial charge in [0.15, 0.2) is 11.5 Å². The minimum atomic E-state index is -0.656. The van der Waals surface area contributed by atoms with Gasteiger partial charge < -0.3 is 19.2 Å². The minimum Gasteiger partial charge on any atom is -0.454 e. The fourth-order valence-corrected chi connectivity index (χ4v) is 3.01. The molecule has 0 radical (unpaired) electrons. The number of para-hydroxylation sites is 1. The van der Waals surface area contributed by atoms with Crippen LogP contribution in [0.2, 0.25) is 0 Å². The summed E-state index contributed by atoms with van der Waals surface area (Å²) < 4.78 is 10.6. The highest BCUT2D eigenvalue weighted by Gasteiger charge is 2.28. The first-order chi connectivity index (χ1) is 12.2. The Morgan fingerprint density at radius 3 is 3.00 bits per heavy atom. The fourth-order valence-electron chi connectivity index (χ4n) is 3.01. The summed E-state index contributed by atoms with van der Waals surface area (Å²) in [4.78, 5) is 19.7. The number of anilines is 1. The molecule has 128 valence electrons. The molecule has 0 spiro atoms. The van der Waals surface area contributed by atoms with Crippen molar-refractivity contribution in [2.24, 2.45) is 5.16 Å². The van der Waals surface area contributed by atoms with Crippen molar-refractivity contribution in [3.8, 4) is 11.5 Å². The zero-order valence-electron chi connectivity index (χ0n) is 13.8. The monoisotopic (exact) mass is 338 g/mol. The van der Waals surface area contributed by atoms with Crippen LogP contribution >= 0.6 is 0 Å². The van der Waals surface area contributed by atoms with Gasteiger partial charge in [-0.15, -0.1) is 0 Å². The van der Waals surface area contributed by atoms with Gasteiger partial charge in [-0.25, -0.2) is 0 Å². The van der Waals surface area contributed by atoms with Crippen LogP contribution in [0.4, 0.5) is 5.69 Å². The Bertz CT molecular complexity index is 834. The number of amides is 1. The van der Waals surface area contributed by atoms with E-state index in [1.165, 1.54) is 5.56 Å². The molecule has 2 aliphatic heterocycles. The number of nitrogens with zero attached hydrogens (tertiary/aromatic N) is 2. The summed E-state index contributed by atoms with van der Waals surface area (Å²) in [5.41, 5.74) is 2.96. The lowest BCUT2D eigenvalue weighted by molar-refractivity contribution is -0.128. The number of ether oxygens (including phenoxy) is 2. The number of benzene rings is 2. The second kappa shape index (κ2) is 6.47. The number of rotatable bonds is 4. The van der Waals surface area contributed by atoms with Gasteiger partial charge in [-0.3, -0.25) is 4.79 Å². The standard InChI is InChI=1S/C19H18N2O4/c1-13(19(22)21-9-8-15-4-2-3-5-16(15)21)25-20-11-14-6-7-17-18(10-14)24-12-23-17/h2-7,10-11,13H,8-9,12H2,1H3. The van der Waals surface area contributed by atoms with Crippen molar-refractivity contribution in [2.75, 3.05) is 18.2 Å². The van der Waals surface area contributed by atoms with Crippen LogP contribution in [0.15, 0.2) is 47.6 Å². The Hall–Kier alpha value is -3.02. The lowest BCUT2D eigenvalue weighted by Crippen LogP contribution is -2.37. The van der Waals surface area contributed by atoms with E-state index in [2.05, 4.69) is 5.16 Å². The minimum absolute atomic E-state index is 0.0900. The van der Waals surface area contributed by atoms with E-state index in [0.717, 1.165) is 17.7 Å². The third kappa shape index (κ3) is 3.03. The first-order valence-electron chi connectivity index (χ1n) is 8.20. The Morgan fingerprint density at radius 2 is 2.08 bits per heavy atom. The Morgan fingerprint density at radius 1 is 1.24 bits per heavy atom. The van der Waals surface area contributed by atoms with Gasteiger partial charge in [0.1, 0.15) is 0 Å². The van der Waals surface area contributed by atoms with E-state index in [4.69, 9.17) is 14.3 Å². The van der Waals surface area contributed by atoms with E-state index in [0.29, 0.717) is 18.0 Å². The zero-order chi connectivity index (χ0) is 17.2. The number of fused-ring (bicyclic) bond motifs is 2. The zero-order valence-corrected chi connectivity index (χ0v) is 13.8. The average Bonchev–Trinajstić information content (AvgIpc) is 3.27. The van der Waals surface area contributed by atoms with Crippen LogP contribution in [-0.2, 0) is 16.1 Å². The van der Waals surface area contributed by atoms with Gasteiger partial charge >= 0.3 is 0 Å². The average molecular weight is 338 g/mol. The second-order valence-corrected chi connectivity index (χ2v) is 5.96. The number of oxime groups is 1. The van der Waals surface area contributed by atoms with Crippen LogP contribution in [0.5, 0.6) is 11.5 Å². The quantitative estimate of drug-likeness (QED) is 0.635. The Kier molecular flexibility index (Phi) is 4.01. The van der Waals surface area contributed by atoms with Crippen LogP contribution in [0.1, 0.15) is 18.1 Å². The van der Waals surface area contributed by atoms with Crippen molar-refractivity contribution in [3.05, 3.63) is 53.6 Å². The molecule has 6 heteroatoms. The molecular formula is C19H18N2O4. The van der Waals surface area contributed by atoms with E-state index >= 15 is 0 Å². The lowest BCUT2D eigenvalue weighted by Gasteiger charge is -2.20. The molecule has 0 aliphatic carbocycles. The number of hydrogen-bond acceptors (Lipinski definition) is 5. The topological polar surface area (TPSA) is 60.4 Å². The largest absolute Gasteiger partial charge is 0.454 e. The molecule has 1 unspecified atom stereocenters. The first kappa shape index (κ1) is 15.5. The van der Waals surface area contributed by atoms with Crippen molar-refractivity contribution in [1.82, 2.24) is 0 Å². The molecule has 2 aromatic rings. The van der Waals surface area contributed by atoms with E-state index in [9.17, 15) is 4.79 Å². The molecule has 0 aromatic heterocycles. The van der Waals surface area contributed by atoms with Gasteiger partial charge in [0.05, 0.1) is 6.21 Å². The maximum absolute atomic E-state index is 12.6. The van der Waals surface area contributed by atoms with Crippen LogP contribution in [0, 0.1) is 0 Å². The first-order valence-corrected chi connectivity index (χ1v) is 8.20. The molecule has 2 aliphatic rings. The van der Waals surface area contributed by atoms with E-state index in [1.807, 2.05) is 42.5 Å². The summed E-state index contributed by atoms with van der Waals surface area (Å²) >= 11 is 0. The van der Waals surface area contributed by atoms with Gasteiger partial charge in [-0.2, -0.15) is 0 Å². The molecule has 0 saturated heterocycles. The molecule has 0 N–H and O–H groups in total. The summed E-state index contributed by atoms with van der Waals surface area (Å²) in [6, 6.07) is 13.4. The molecular weight excluding hydrogens is 320 g/mol. The van der Waals surface area contributed by atoms with Gasteiger partial charge in [-0.05, 0) is 43.2 Å². The smallest absolute Gasteiger partial charge is 0.270 e. The van der Waals surface area contributed by atoms with Crippen molar-refractivity contribution in [2.45, 2.75) is 19.4 Å². The van der Waals surface area contributed by atoms with E-state index < -0.39 is 6.10 Å². The number of hydrogen-bond donors (Lipinski definition) is 0. The SMILES string of the molecule is CC(ON=Cc1ccc2c(c1)OCO2)C(=O)N1CCc2ccccc21. The number of carbonyl (C=O) groups is 1. The predicted molar refractivity (Wildman–Crippen MR) is 93.2 cm³/mol.